The van der Waals surface area contributed by atoms with Crippen molar-refractivity contribution in [2.75, 3.05) is 7.11 Å². The van der Waals surface area contributed by atoms with Gasteiger partial charge in [0, 0.05) is 11.9 Å². The SMILES string of the molecule is COc1cccc(CNC(=O)Cc2csc(-c3cccs3)n2)c1. The summed E-state index contributed by atoms with van der Waals surface area (Å²) >= 11 is 3.23. The van der Waals surface area contributed by atoms with E-state index in [1.807, 2.05) is 47.2 Å². The first-order valence-corrected chi connectivity index (χ1v) is 8.88. The molecule has 1 N–H and O–H groups in total. The fourth-order valence-corrected chi connectivity index (χ4v) is 3.75. The van der Waals surface area contributed by atoms with Gasteiger partial charge in [-0.25, -0.2) is 4.98 Å². The molecule has 3 rings (SSSR count). The summed E-state index contributed by atoms with van der Waals surface area (Å²) in [5.41, 5.74) is 1.82. The molecular formula is C17H16N2O2S2. The van der Waals surface area contributed by atoms with E-state index in [1.165, 1.54) is 0 Å². The number of carbonyl (C=O) groups excluding carboxylic acids is 1. The number of nitrogens with zero attached hydrogens (tertiary/aromatic N) is 1. The van der Waals surface area contributed by atoms with Crippen LogP contribution in [0.5, 0.6) is 5.75 Å². The Labute approximate surface area is 142 Å². The maximum Gasteiger partial charge on any atom is 0.226 e. The highest BCUT2D eigenvalue weighted by atomic mass is 32.1. The molecule has 0 saturated carbocycles. The van der Waals surface area contributed by atoms with Crippen LogP contribution in [-0.2, 0) is 17.8 Å². The number of rotatable bonds is 6. The minimum absolute atomic E-state index is 0.0316. The molecule has 1 amide bonds. The average molecular weight is 344 g/mol. The van der Waals surface area contributed by atoms with E-state index in [-0.39, 0.29) is 5.91 Å². The lowest BCUT2D eigenvalue weighted by Gasteiger charge is -2.06. The molecule has 0 aliphatic heterocycles. The Bertz CT molecular complexity index is 782. The van der Waals surface area contributed by atoms with Gasteiger partial charge in [-0.05, 0) is 29.1 Å². The van der Waals surface area contributed by atoms with Gasteiger partial charge in [-0.2, -0.15) is 0 Å². The Kier molecular flexibility index (Phi) is 5.05. The van der Waals surface area contributed by atoms with Crippen molar-refractivity contribution in [3.8, 4) is 15.6 Å². The Hall–Kier alpha value is -2.18. The molecule has 0 aliphatic rings. The fraction of sp³-hybridized carbons (Fsp3) is 0.176. The third kappa shape index (κ3) is 4.18. The molecule has 4 nitrogen and oxygen atoms in total. The molecule has 0 fully saturated rings. The van der Waals surface area contributed by atoms with E-state index in [0.717, 1.165) is 26.9 Å². The van der Waals surface area contributed by atoms with Crippen LogP contribution in [0.4, 0.5) is 0 Å². The molecule has 0 saturated heterocycles. The third-order valence-electron chi connectivity index (χ3n) is 3.25. The zero-order chi connectivity index (χ0) is 16.1. The summed E-state index contributed by atoms with van der Waals surface area (Å²) in [6.07, 6.45) is 0.297. The molecule has 23 heavy (non-hydrogen) atoms. The lowest BCUT2D eigenvalue weighted by molar-refractivity contribution is -0.120. The van der Waals surface area contributed by atoms with Gasteiger partial charge < -0.3 is 10.1 Å². The molecular weight excluding hydrogens is 328 g/mol. The summed E-state index contributed by atoms with van der Waals surface area (Å²) in [6, 6.07) is 11.7. The van der Waals surface area contributed by atoms with Crippen LogP contribution in [0.15, 0.2) is 47.2 Å². The van der Waals surface area contributed by atoms with Gasteiger partial charge in [-0.3, -0.25) is 4.79 Å². The van der Waals surface area contributed by atoms with Crippen molar-refractivity contribution >= 4 is 28.6 Å². The number of thiophene rings is 1. The first-order valence-electron chi connectivity index (χ1n) is 7.12. The second-order valence-electron chi connectivity index (χ2n) is 4.93. The number of hydrogen-bond donors (Lipinski definition) is 1. The molecule has 0 atom stereocenters. The number of carbonyl (C=O) groups is 1. The van der Waals surface area contributed by atoms with Crippen LogP contribution in [-0.4, -0.2) is 18.0 Å². The van der Waals surface area contributed by atoms with E-state index in [1.54, 1.807) is 29.8 Å². The van der Waals surface area contributed by atoms with E-state index in [2.05, 4.69) is 10.3 Å². The minimum Gasteiger partial charge on any atom is -0.497 e. The lowest BCUT2D eigenvalue weighted by atomic mass is 10.2. The van der Waals surface area contributed by atoms with Gasteiger partial charge in [-0.1, -0.05) is 18.2 Å². The van der Waals surface area contributed by atoms with Crippen LogP contribution in [0.2, 0.25) is 0 Å². The number of aromatic nitrogens is 1. The van der Waals surface area contributed by atoms with Crippen LogP contribution in [0, 0.1) is 0 Å². The van der Waals surface area contributed by atoms with Gasteiger partial charge in [0.05, 0.1) is 24.1 Å². The summed E-state index contributed by atoms with van der Waals surface area (Å²) in [5, 5.41) is 7.85. The standard InChI is InChI=1S/C17H16N2O2S2/c1-21-14-5-2-4-12(8-14)10-18-16(20)9-13-11-23-17(19-13)15-6-3-7-22-15/h2-8,11H,9-10H2,1H3,(H,18,20). The monoisotopic (exact) mass is 344 g/mol. The molecule has 3 aromatic rings. The van der Waals surface area contributed by atoms with Crippen molar-refractivity contribution in [1.82, 2.24) is 10.3 Å². The predicted octanol–water partition coefficient (Wildman–Crippen LogP) is 3.74. The Morgan fingerprint density at radius 3 is 2.96 bits per heavy atom. The van der Waals surface area contributed by atoms with Gasteiger partial charge in [0.1, 0.15) is 10.8 Å². The summed E-state index contributed by atoms with van der Waals surface area (Å²) in [6.45, 7) is 0.484. The van der Waals surface area contributed by atoms with Crippen LogP contribution < -0.4 is 10.1 Å². The van der Waals surface area contributed by atoms with E-state index < -0.39 is 0 Å². The fourth-order valence-electron chi connectivity index (χ4n) is 2.11. The van der Waals surface area contributed by atoms with Crippen molar-refractivity contribution in [3.05, 3.63) is 58.4 Å². The number of methoxy groups -OCH3 is 1. The molecule has 2 aromatic heterocycles. The Morgan fingerprint density at radius 2 is 2.17 bits per heavy atom. The van der Waals surface area contributed by atoms with E-state index in [9.17, 15) is 4.79 Å². The van der Waals surface area contributed by atoms with Crippen molar-refractivity contribution in [3.63, 3.8) is 0 Å². The average Bonchev–Trinajstić information content (AvgIpc) is 3.24. The van der Waals surface area contributed by atoms with E-state index >= 15 is 0 Å². The maximum atomic E-state index is 12.1. The topological polar surface area (TPSA) is 51.2 Å². The zero-order valence-electron chi connectivity index (χ0n) is 12.6. The minimum atomic E-state index is -0.0316. The summed E-state index contributed by atoms with van der Waals surface area (Å²) < 4.78 is 5.18. The predicted molar refractivity (Wildman–Crippen MR) is 94.0 cm³/mol. The quantitative estimate of drug-likeness (QED) is 0.741. The Morgan fingerprint density at radius 1 is 1.26 bits per heavy atom. The maximum absolute atomic E-state index is 12.1. The molecule has 1 aromatic carbocycles. The molecule has 0 spiro atoms. The third-order valence-corrected chi connectivity index (χ3v) is 5.18. The van der Waals surface area contributed by atoms with Gasteiger partial charge in [0.25, 0.3) is 0 Å². The largest absolute Gasteiger partial charge is 0.497 e. The molecule has 118 valence electrons. The van der Waals surface area contributed by atoms with Gasteiger partial charge in [-0.15, -0.1) is 22.7 Å². The first-order chi connectivity index (χ1) is 11.2. The number of hydrogen-bond acceptors (Lipinski definition) is 5. The van der Waals surface area contributed by atoms with Gasteiger partial charge in [0.15, 0.2) is 0 Å². The van der Waals surface area contributed by atoms with Gasteiger partial charge in [0.2, 0.25) is 5.91 Å². The van der Waals surface area contributed by atoms with E-state index in [4.69, 9.17) is 4.74 Å². The first kappa shape index (κ1) is 15.7. The number of nitrogens with one attached hydrogen (secondary N) is 1. The van der Waals surface area contributed by atoms with E-state index in [0.29, 0.717) is 13.0 Å². The number of amides is 1. The molecule has 0 aliphatic carbocycles. The van der Waals surface area contributed by atoms with Crippen molar-refractivity contribution in [1.29, 1.82) is 0 Å². The normalized spacial score (nSPS) is 10.5. The smallest absolute Gasteiger partial charge is 0.226 e. The second-order valence-corrected chi connectivity index (χ2v) is 6.73. The molecule has 2 heterocycles. The van der Waals surface area contributed by atoms with Crippen LogP contribution in [0.1, 0.15) is 11.3 Å². The number of thiazole rings is 1. The summed E-state index contributed by atoms with van der Waals surface area (Å²) in [7, 11) is 1.63. The second kappa shape index (κ2) is 7.39. The molecule has 6 heteroatoms. The highest BCUT2D eigenvalue weighted by molar-refractivity contribution is 7.20. The van der Waals surface area contributed by atoms with Crippen molar-refractivity contribution in [2.24, 2.45) is 0 Å². The van der Waals surface area contributed by atoms with Crippen LogP contribution in [0.3, 0.4) is 0 Å². The highest BCUT2D eigenvalue weighted by Gasteiger charge is 2.09. The summed E-state index contributed by atoms with van der Waals surface area (Å²) in [4.78, 5) is 17.7. The zero-order valence-corrected chi connectivity index (χ0v) is 14.2. The van der Waals surface area contributed by atoms with Gasteiger partial charge >= 0.3 is 0 Å². The Balaban J connectivity index is 1.55. The lowest BCUT2D eigenvalue weighted by Crippen LogP contribution is -2.24. The molecule has 0 radical (unpaired) electrons. The molecule has 0 bridgehead atoms. The number of benzene rings is 1. The summed E-state index contributed by atoms with van der Waals surface area (Å²) in [5.74, 6) is 0.757. The van der Waals surface area contributed by atoms with Crippen molar-refractivity contribution in [2.45, 2.75) is 13.0 Å². The van der Waals surface area contributed by atoms with Crippen LogP contribution >= 0.6 is 22.7 Å². The molecule has 0 unspecified atom stereocenters. The highest BCUT2D eigenvalue weighted by Crippen LogP contribution is 2.27. The van der Waals surface area contributed by atoms with Crippen LogP contribution in [0.25, 0.3) is 9.88 Å². The van der Waals surface area contributed by atoms with Crippen molar-refractivity contribution < 1.29 is 9.53 Å². The number of ether oxygens (including phenoxy) is 1.